The van der Waals surface area contributed by atoms with Crippen molar-refractivity contribution in [2.24, 2.45) is 5.92 Å². The van der Waals surface area contributed by atoms with Gasteiger partial charge in [0.2, 0.25) is 0 Å². The fourth-order valence-corrected chi connectivity index (χ4v) is 1.96. The van der Waals surface area contributed by atoms with Gasteiger partial charge < -0.3 is 5.32 Å². The number of nitrogens with one attached hydrogen (secondary N) is 1. The molecule has 3 atom stereocenters. The quantitative estimate of drug-likeness (QED) is 0.717. The van der Waals surface area contributed by atoms with Crippen molar-refractivity contribution in [3.05, 3.63) is 11.6 Å². The fourth-order valence-electron chi connectivity index (χ4n) is 1.96. The summed E-state index contributed by atoms with van der Waals surface area (Å²) in [5.41, 5.74) is 0.725. The van der Waals surface area contributed by atoms with Crippen LogP contribution in [-0.2, 0) is 9.59 Å². The lowest BCUT2D eigenvalue weighted by molar-refractivity contribution is -0.120. The molecule has 0 aliphatic carbocycles. The molecule has 0 fully saturated rings. The molecule has 0 aromatic rings. The van der Waals surface area contributed by atoms with Crippen LogP contribution >= 0.6 is 0 Å². The molecule has 1 aliphatic rings. The van der Waals surface area contributed by atoms with Crippen LogP contribution in [-0.4, -0.2) is 23.7 Å². The van der Waals surface area contributed by atoms with E-state index in [9.17, 15) is 9.59 Å². The van der Waals surface area contributed by atoms with E-state index in [2.05, 4.69) is 5.32 Å². The largest absolute Gasteiger partial charge is 0.307 e. The van der Waals surface area contributed by atoms with Crippen molar-refractivity contribution in [3.8, 4) is 0 Å². The number of carbonyl (C=O) groups excluding carboxylic acids is 2. The summed E-state index contributed by atoms with van der Waals surface area (Å²) in [6, 6.07) is 0.170. The molecule has 14 heavy (non-hydrogen) atoms. The van der Waals surface area contributed by atoms with Crippen molar-refractivity contribution < 1.29 is 9.59 Å². The van der Waals surface area contributed by atoms with Crippen LogP contribution < -0.4 is 5.32 Å². The van der Waals surface area contributed by atoms with E-state index < -0.39 is 0 Å². The van der Waals surface area contributed by atoms with Gasteiger partial charge in [-0.15, -0.1) is 0 Å². The molecule has 0 aromatic carbocycles. The standard InChI is InChI=1S/C11H17NO2/c1-6-10(8(3)13)5-11(9(4)14)7(2)12-6/h5-7,10,12H,1-4H3. The van der Waals surface area contributed by atoms with Gasteiger partial charge in [0.05, 0.1) is 5.92 Å². The molecule has 1 N–H and O–H groups in total. The molecule has 0 radical (unpaired) electrons. The average molecular weight is 195 g/mol. The zero-order valence-corrected chi connectivity index (χ0v) is 9.13. The van der Waals surface area contributed by atoms with Crippen LogP contribution in [0.3, 0.4) is 0 Å². The van der Waals surface area contributed by atoms with Gasteiger partial charge in [-0.1, -0.05) is 6.08 Å². The number of ketones is 2. The van der Waals surface area contributed by atoms with Crippen LogP contribution in [0.4, 0.5) is 0 Å². The summed E-state index contributed by atoms with van der Waals surface area (Å²) in [5.74, 6) is -0.0103. The van der Waals surface area contributed by atoms with E-state index in [1.165, 1.54) is 6.92 Å². The monoisotopic (exact) mass is 195 g/mol. The molecule has 1 rings (SSSR count). The van der Waals surface area contributed by atoms with Gasteiger partial charge in [-0.25, -0.2) is 0 Å². The van der Waals surface area contributed by atoms with E-state index in [4.69, 9.17) is 0 Å². The summed E-state index contributed by atoms with van der Waals surface area (Å²) < 4.78 is 0. The highest BCUT2D eigenvalue weighted by Gasteiger charge is 2.29. The summed E-state index contributed by atoms with van der Waals surface area (Å²) in [7, 11) is 0. The third-order valence-corrected chi connectivity index (χ3v) is 2.75. The van der Waals surface area contributed by atoms with E-state index in [-0.39, 0.29) is 29.6 Å². The Morgan fingerprint density at radius 1 is 1.29 bits per heavy atom. The van der Waals surface area contributed by atoms with Crippen molar-refractivity contribution in [2.75, 3.05) is 0 Å². The van der Waals surface area contributed by atoms with Gasteiger partial charge in [0.15, 0.2) is 5.78 Å². The molecule has 1 aliphatic heterocycles. The Labute approximate surface area is 84.6 Å². The normalized spacial score (nSPS) is 32.3. The van der Waals surface area contributed by atoms with Crippen molar-refractivity contribution in [3.63, 3.8) is 0 Å². The number of hydrogen-bond acceptors (Lipinski definition) is 3. The fraction of sp³-hybridized carbons (Fsp3) is 0.636. The Morgan fingerprint density at radius 3 is 2.29 bits per heavy atom. The van der Waals surface area contributed by atoms with E-state index >= 15 is 0 Å². The first kappa shape index (κ1) is 11.1. The molecule has 0 amide bonds. The summed E-state index contributed by atoms with van der Waals surface area (Å²) in [5, 5.41) is 3.23. The minimum Gasteiger partial charge on any atom is -0.307 e. The second-order valence-electron chi connectivity index (χ2n) is 3.99. The van der Waals surface area contributed by atoms with Gasteiger partial charge in [-0.2, -0.15) is 0 Å². The Morgan fingerprint density at radius 2 is 1.86 bits per heavy atom. The number of rotatable bonds is 2. The van der Waals surface area contributed by atoms with Gasteiger partial charge in [0, 0.05) is 17.7 Å². The second-order valence-corrected chi connectivity index (χ2v) is 3.99. The first-order valence-corrected chi connectivity index (χ1v) is 4.92. The minimum absolute atomic E-state index is 0.0446. The van der Waals surface area contributed by atoms with Crippen LogP contribution in [0.15, 0.2) is 11.6 Å². The maximum Gasteiger partial charge on any atom is 0.157 e. The topological polar surface area (TPSA) is 46.2 Å². The lowest BCUT2D eigenvalue weighted by Crippen LogP contribution is -2.47. The highest BCUT2D eigenvalue weighted by atomic mass is 16.1. The van der Waals surface area contributed by atoms with Gasteiger partial charge in [-0.05, 0) is 27.7 Å². The molecule has 3 heteroatoms. The summed E-state index contributed by atoms with van der Waals surface area (Å²) in [4.78, 5) is 22.6. The van der Waals surface area contributed by atoms with Crippen molar-refractivity contribution in [2.45, 2.75) is 39.8 Å². The lowest BCUT2D eigenvalue weighted by Gasteiger charge is -2.31. The highest BCUT2D eigenvalue weighted by molar-refractivity contribution is 5.96. The Kier molecular flexibility index (Phi) is 3.21. The van der Waals surface area contributed by atoms with Crippen LogP contribution in [0.1, 0.15) is 27.7 Å². The van der Waals surface area contributed by atoms with E-state index in [0.29, 0.717) is 0 Å². The summed E-state index contributed by atoms with van der Waals surface area (Å²) in [6.07, 6.45) is 1.82. The first-order valence-electron chi connectivity index (χ1n) is 4.92. The van der Waals surface area contributed by atoms with Crippen LogP contribution in [0, 0.1) is 5.92 Å². The smallest absolute Gasteiger partial charge is 0.157 e. The maximum atomic E-state index is 11.3. The molecule has 0 saturated heterocycles. The van der Waals surface area contributed by atoms with Gasteiger partial charge in [0.25, 0.3) is 0 Å². The predicted molar refractivity (Wildman–Crippen MR) is 55.0 cm³/mol. The molecule has 0 spiro atoms. The Hall–Kier alpha value is -0.960. The molecule has 0 aromatic heterocycles. The summed E-state index contributed by atoms with van der Waals surface area (Å²) >= 11 is 0. The average Bonchev–Trinajstić information content (AvgIpc) is 2.02. The second kappa shape index (κ2) is 4.05. The highest BCUT2D eigenvalue weighted by Crippen LogP contribution is 2.20. The molecule has 0 bridgehead atoms. The van der Waals surface area contributed by atoms with E-state index in [1.54, 1.807) is 6.92 Å². The minimum atomic E-state index is -0.162. The first-order chi connectivity index (χ1) is 6.43. The number of carbonyl (C=O) groups is 2. The molecule has 3 nitrogen and oxygen atoms in total. The van der Waals surface area contributed by atoms with E-state index in [0.717, 1.165) is 5.57 Å². The zero-order valence-electron chi connectivity index (χ0n) is 9.13. The third kappa shape index (κ3) is 2.10. The van der Waals surface area contributed by atoms with E-state index in [1.807, 2.05) is 19.9 Å². The van der Waals surface area contributed by atoms with Crippen LogP contribution in [0.5, 0.6) is 0 Å². The predicted octanol–water partition coefficient (Wildman–Crippen LogP) is 1.09. The maximum absolute atomic E-state index is 11.3. The van der Waals surface area contributed by atoms with Crippen molar-refractivity contribution in [1.29, 1.82) is 0 Å². The molecule has 3 unspecified atom stereocenters. The van der Waals surface area contributed by atoms with Crippen LogP contribution in [0.25, 0.3) is 0 Å². The summed E-state index contributed by atoms with van der Waals surface area (Å²) in [6.45, 7) is 7.01. The number of hydrogen-bond donors (Lipinski definition) is 1. The SMILES string of the molecule is CC(=O)C1=CC(C(C)=O)C(C)NC1C. The Balaban J connectivity index is 2.99. The van der Waals surface area contributed by atoms with Gasteiger partial charge >= 0.3 is 0 Å². The van der Waals surface area contributed by atoms with Gasteiger partial charge in [0.1, 0.15) is 5.78 Å². The zero-order chi connectivity index (χ0) is 10.9. The third-order valence-electron chi connectivity index (χ3n) is 2.75. The molecule has 1 heterocycles. The van der Waals surface area contributed by atoms with Crippen molar-refractivity contribution in [1.82, 2.24) is 5.32 Å². The molecule has 78 valence electrons. The lowest BCUT2D eigenvalue weighted by atomic mass is 9.86. The Bertz CT molecular complexity index is 294. The molecular formula is C11H17NO2. The number of Topliss-reactive ketones (excluding diaryl/α,β-unsaturated/α-hetero) is 2. The molecular weight excluding hydrogens is 178 g/mol. The van der Waals surface area contributed by atoms with Crippen LogP contribution in [0.2, 0.25) is 0 Å². The molecule has 0 saturated carbocycles. The van der Waals surface area contributed by atoms with Crippen molar-refractivity contribution >= 4 is 11.6 Å². The van der Waals surface area contributed by atoms with Gasteiger partial charge in [-0.3, -0.25) is 9.59 Å².